The normalized spacial score (nSPS) is 11.9. The second-order valence-corrected chi connectivity index (χ2v) is 21.6. The molecule has 0 amide bonds. The van der Waals surface area contributed by atoms with Gasteiger partial charge in [0.05, 0.1) is 0 Å². The molecule has 0 bridgehead atoms. The summed E-state index contributed by atoms with van der Waals surface area (Å²) in [6, 6.07) is 0. The maximum Gasteiger partial charge on any atom is 2.00 e. The first kappa shape index (κ1) is 105. The van der Waals surface area contributed by atoms with Crippen molar-refractivity contribution >= 4 is 249 Å². The molecule has 0 rings (SSSR count). The Bertz CT molecular complexity index is 1130. The molecule has 28 nitrogen and oxygen atoms in total. The summed E-state index contributed by atoms with van der Waals surface area (Å²) in [5, 5.41) is 0. The van der Waals surface area contributed by atoms with Crippen LogP contribution in [-0.2, 0) is 36.5 Å². The largest absolute Gasteiger partial charge is 2.00 e. The topological polar surface area (TPSA) is 518 Å². The van der Waals surface area contributed by atoms with Crippen LogP contribution in [0.4, 0.5) is 0 Å². The van der Waals surface area contributed by atoms with E-state index in [1.165, 1.54) is 0 Å². The predicted molar refractivity (Wildman–Crippen MR) is 155 cm³/mol. The molecule has 0 aromatic carbocycles. The van der Waals surface area contributed by atoms with Crippen molar-refractivity contribution in [3.05, 3.63) is 0 Å². The molecule has 0 saturated heterocycles. The number of hydrogen-bond donors (Lipinski definition) is 0. The molecule has 292 valence electrons. The van der Waals surface area contributed by atoms with Gasteiger partial charge in [-0.15, -0.1) is 0 Å². The van der Waals surface area contributed by atoms with Gasteiger partial charge in [0.2, 0.25) is 0 Å². The zero-order valence-corrected chi connectivity index (χ0v) is 63.4. The summed E-state index contributed by atoms with van der Waals surface area (Å²) in [4.78, 5) is 172. The molecule has 0 spiro atoms. The van der Waals surface area contributed by atoms with Crippen LogP contribution in [0.5, 0.6) is 0 Å². The number of rotatable bonds is 22. The van der Waals surface area contributed by atoms with Crippen LogP contribution >= 0.6 is 60.8 Å². The van der Waals surface area contributed by atoms with Gasteiger partial charge in [-0.25, -0.2) is 0 Å². The van der Waals surface area contributed by atoms with Crippen molar-refractivity contribution in [2.75, 3.05) is 76.5 Å². The summed E-state index contributed by atoms with van der Waals surface area (Å²) in [6.07, 6.45) is -11.3. The van der Waals surface area contributed by atoms with Crippen LogP contribution in [-0.4, -0.2) is 285 Å². The molecule has 0 aromatic heterocycles. The molecule has 0 fully saturated rings. The molecule has 0 unspecified atom stereocenters. The van der Waals surface area contributed by atoms with Crippen molar-refractivity contribution in [3.8, 4) is 0 Å². The molecule has 0 saturated carbocycles. The molecule has 0 heterocycles. The van der Waals surface area contributed by atoms with E-state index >= 15 is 0 Å². The van der Waals surface area contributed by atoms with Gasteiger partial charge in [-0.05, 0) is 0 Å². The molecule has 0 aromatic rings. The van der Waals surface area contributed by atoms with E-state index in [2.05, 4.69) is 0 Å². The number of hydrogen-bond acceptors (Lipinski definition) is 28. The average molecular weight is 1190 g/mol. The van der Waals surface area contributed by atoms with Crippen LogP contribution in [0.25, 0.3) is 0 Å². The first-order valence-corrected chi connectivity index (χ1v) is 25.5. The summed E-state index contributed by atoms with van der Waals surface area (Å²) >= 11 is 0. The molecular formula is C12H24Ca5N4Na6O24P8. The second-order valence-electron chi connectivity index (χ2n) is 9.60. The van der Waals surface area contributed by atoms with Crippen LogP contribution < -0.4 is 256 Å². The van der Waals surface area contributed by atoms with Crippen molar-refractivity contribution in [2.45, 2.75) is 0 Å². The summed E-state index contributed by atoms with van der Waals surface area (Å²) in [7, 11) is -42.4. The molecule has 0 aliphatic carbocycles. The van der Waals surface area contributed by atoms with E-state index in [-0.39, 0.29) is 366 Å². The Morgan fingerprint density at radius 2 is 0.288 bits per heavy atom. The maximum atomic E-state index is 10.7. The molecule has 0 radical (unpaired) electrons. The van der Waals surface area contributed by atoms with E-state index in [1.54, 1.807) is 0 Å². The second kappa shape index (κ2) is 48.5. The van der Waals surface area contributed by atoms with E-state index < -0.39 is 137 Å². The molecule has 0 N–H and O–H groups in total. The van der Waals surface area contributed by atoms with E-state index in [1.807, 2.05) is 0 Å². The smallest absolute Gasteiger partial charge is 0.810 e. The van der Waals surface area contributed by atoms with Crippen LogP contribution in [0.3, 0.4) is 0 Å². The minimum atomic E-state index is -5.30. The van der Waals surface area contributed by atoms with Gasteiger partial charge >= 0.3 is 366 Å². The van der Waals surface area contributed by atoms with Crippen molar-refractivity contribution in [2.24, 2.45) is 0 Å². The SMILES string of the molecule is O=P([O-])([O-])CN(CCN(CP(=O)([O-])[O-])CP(=O)([O-])[O-])CP(=O)([O-])[O-].O=P([O-])([O-])CN(CCN(CP(=O)([O-])[O-])CP(=O)([O-])[O-])CP(=O)([O-])[O-].[Ca+2].[Ca+2].[Ca+2].[Ca+2].[Ca+2].[Na+].[Na+].[Na+].[Na+].[Na+].[Na+]. The van der Waals surface area contributed by atoms with E-state index in [0.717, 1.165) is 0 Å². The Balaban J connectivity index is -0.0000000550. The number of nitrogens with zero attached hydrogens (tertiary/aromatic N) is 4. The standard InChI is InChI=1S/2C6H20N2O12P4.5Ca.6Na/c2*9-21(10,11)3-7(4-22(12,13)14)1-2-8(5-23(15,16)17)6-24(18,19)20;;;;;;;;;;;/h2*1-6H2,(H2,9,10,11)(H2,12,13,14)(H2,15,16,17)(H2,18,19,20);;;;;;;;;;;/q;;5*+2;6*+1/p-16. The predicted octanol–water partition coefficient (Wildman–Crippen LogP) is -33.7. The molecule has 59 heavy (non-hydrogen) atoms. The monoisotopic (exact) mass is 1190 g/mol. The Morgan fingerprint density at radius 1 is 0.220 bits per heavy atom. The third kappa shape index (κ3) is 85.5. The van der Waals surface area contributed by atoms with Crippen molar-refractivity contribution in [1.82, 2.24) is 19.6 Å². The molecule has 0 aliphatic heterocycles. The fraction of sp³-hybridized carbons (Fsp3) is 1.00. The van der Waals surface area contributed by atoms with Crippen LogP contribution in [0.1, 0.15) is 0 Å². The van der Waals surface area contributed by atoms with E-state index in [4.69, 9.17) is 0 Å². The first-order chi connectivity index (χ1) is 20.7. The quantitative estimate of drug-likeness (QED) is 0.0717. The molecule has 0 atom stereocenters. The average Bonchev–Trinajstić information content (AvgIpc) is 2.67. The summed E-state index contributed by atoms with van der Waals surface area (Å²) in [5.41, 5.74) is 0. The minimum Gasteiger partial charge on any atom is -0.810 e. The van der Waals surface area contributed by atoms with Crippen LogP contribution in [0.15, 0.2) is 0 Å². The maximum absolute atomic E-state index is 10.7. The van der Waals surface area contributed by atoms with Gasteiger partial charge in [0.1, 0.15) is 0 Å². The fourth-order valence-electron chi connectivity index (χ4n) is 3.27. The molecular weight excluding hydrogens is 1170 g/mol. The molecule has 47 heteroatoms. The van der Waals surface area contributed by atoms with Gasteiger partial charge in [0.15, 0.2) is 0 Å². The third-order valence-corrected chi connectivity index (χ3v) is 10.4. The van der Waals surface area contributed by atoms with Crippen LogP contribution in [0.2, 0.25) is 0 Å². The first-order valence-electron chi connectivity index (χ1n) is 11.7. The van der Waals surface area contributed by atoms with Gasteiger partial charge in [0, 0.05) is 76.5 Å². The van der Waals surface area contributed by atoms with Gasteiger partial charge in [-0.1, -0.05) is 60.8 Å². The Kier molecular flexibility index (Phi) is 85.9. The van der Waals surface area contributed by atoms with Crippen molar-refractivity contribution in [3.63, 3.8) is 0 Å². The molecule has 0 aliphatic rings. The summed E-state index contributed by atoms with van der Waals surface area (Å²) < 4.78 is 85.3. The van der Waals surface area contributed by atoms with Gasteiger partial charge < -0.3 is 115 Å². The van der Waals surface area contributed by atoms with Crippen LogP contribution in [0, 0.1) is 0 Å². The Hall–Kier alpha value is 13.3. The third-order valence-electron chi connectivity index (χ3n) is 4.45. The fourth-order valence-corrected chi connectivity index (χ4v) is 9.75. The Morgan fingerprint density at radius 3 is 0.339 bits per heavy atom. The van der Waals surface area contributed by atoms with E-state index in [9.17, 15) is 115 Å². The van der Waals surface area contributed by atoms with Gasteiger partial charge in [-0.3, -0.25) is 19.6 Å². The van der Waals surface area contributed by atoms with Crippen molar-refractivity contribution < 1.29 is 292 Å². The van der Waals surface area contributed by atoms with Crippen molar-refractivity contribution in [1.29, 1.82) is 0 Å². The zero-order valence-electron chi connectivity index (χ0n) is 33.2. The summed E-state index contributed by atoms with van der Waals surface area (Å²) in [6.45, 7) is -3.10. The van der Waals surface area contributed by atoms with Gasteiger partial charge in [-0.2, -0.15) is 0 Å². The zero-order chi connectivity index (χ0) is 38.8. The summed E-state index contributed by atoms with van der Waals surface area (Å²) in [5.74, 6) is 0. The Labute approximate surface area is 622 Å². The van der Waals surface area contributed by atoms with E-state index in [0.29, 0.717) is 19.6 Å². The minimum absolute atomic E-state index is 0. The van der Waals surface area contributed by atoms with Gasteiger partial charge in [0.25, 0.3) is 0 Å².